The molecule has 6 heteroatoms. The number of hydrogen-bond donors (Lipinski definition) is 1. The van der Waals surface area contributed by atoms with Crippen LogP contribution in [0.4, 0.5) is 5.69 Å². The zero-order valence-electron chi connectivity index (χ0n) is 14.3. The lowest BCUT2D eigenvalue weighted by molar-refractivity contribution is -0.122. The Balaban J connectivity index is 2.03. The minimum absolute atomic E-state index is 0.252. The number of carbonyl (C=O) groups excluding carboxylic acids is 2. The SMILES string of the molecule is CCOC(=O)c1ccc(NC(=O)C(C)Oc2cccc(C)c2)c(Cl)c1. The normalized spacial score (nSPS) is 11.5. The van der Waals surface area contributed by atoms with Crippen molar-refractivity contribution in [2.75, 3.05) is 11.9 Å². The topological polar surface area (TPSA) is 64.6 Å². The van der Waals surface area contributed by atoms with Gasteiger partial charge >= 0.3 is 5.97 Å². The lowest BCUT2D eigenvalue weighted by atomic mass is 10.2. The summed E-state index contributed by atoms with van der Waals surface area (Å²) in [5.41, 5.74) is 1.77. The second-order valence-electron chi connectivity index (χ2n) is 5.48. The quantitative estimate of drug-likeness (QED) is 0.782. The molecule has 0 fully saturated rings. The molecule has 0 radical (unpaired) electrons. The van der Waals surface area contributed by atoms with Gasteiger partial charge in [-0.15, -0.1) is 0 Å². The van der Waals surface area contributed by atoms with Gasteiger partial charge in [-0.2, -0.15) is 0 Å². The van der Waals surface area contributed by atoms with E-state index in [9.17, 15) is 9.59 Å². The molecule has 5 nitrogen and oxygen atoms in total. The van der Waals surface area contributed by atoms with Crippen molar-refractivity contribution in [3.8, 4) is 5.75 Å². The number of benzene rings is 2. The second-order valence-corrected chi connectivity index (χ2v) is 5.89. The Morgan fingerprint density at radius 1 is 1.20 bits per heavy atom. The van der Waals surface area contributed by atoms with E-state index in [1.807, 2.05) is 25.1 Å². The Labute approximate surface area is 151 Å². The fourth-order valence-electron chi connectivity index (χ4n) is 2.14. The summed E-state index contributed by atoms with van der Waals surface area (Å²) in [6, 6.07) is 12.0. The predicted molar refractivity (Wildman–Crippen MR) is 97.3 cm³/mol. The predicted octanol–water partition coefficient (Wildman–Crippen LogP) is 4.23. The van der Waals surface area contributed by atoms with E-state index >= 15 is 0 Å². The van der Waals surface area contributed by atoms with Crippen LogP contribution in [0.1, 0.15) is 29.8 Å². The van der Waals surface area contributed by atoms with Crippen LogP contribution in [-0.4, -0.2) is 24.6 Å². The van der Waals surface area contributed by atoms with Crippen LogP contribution in [0.15, 0.2) is 42.5 Å². The zero-order valence-corrected chi connectivity index (χ0v) is 15.1. The lowest BCUT2D eigenvalue weighted by Crippen LogP contribution is -2.30. The molecule has 1 unspecified atom stereocenters. The second kappa shape index (κ2) is 8.53. The highest BCUT2D eigenvalue weighted by molar-refractivity contribution is 6.34. The number of amides is 1. The molecule has 0 saturated carbocycles. The highest BCUT2D eigenvalue weighted by Gasteiger charge is 2.17. The first-order chi connectivity index (χ1) is 11.9. The summed E-state index contributed by atoms with van der Waals surface area (Å²) in [7, 11) is 0. The molecule has 0 heterocycles. The van der Waals surface area contributed by atoms with E-state index in [0.29, 0.717) is 17.0 Å². The molecule has 0 spiro atoms. The van der Waals surface area contributed by atoms with E-state index in [4.69, 9.17) is 21.1 Å². The number of carbonyl (C=O) groups is 2. The number of ether oxygens (including phenoxy) is 2. The van der Waals surface area contributed by atoms with Crippen LogP contribution in [0, 0.1) is 6.92 Å². The van der Waals surface area contributed by atoms with Crippen LogP contribution in [-0.2, 0) is 9.53 Å². The minimum atomic E-state index is -0.706. The average Bonchev–Trinajstić information content (AvgIpc) is 2.56. The molecule has 1 atom stereocenters. The van der Waals surface area contributed by atoms with Gasteiger partial charge in [-0.05, 0) is 56.7 Å². The van der Waals surface area contributed by atoms with E-state index in [-0.39, 0.29) is 17.5 Å². The van der Waals surface area contributed by atoms with Gasteiger partial charge in [0, 0.05) is 0 Å². The number of halogens is 1. The van der Waals surface area contributed by atoms with Crippen molar-refractivity contribution in [2.24, 2.45) is 0 Å². The fourth-order valence-corrected chi connectivity index (χ4v) is 2.37. The molecular weight excluding hydrogens is 342 g/mol. The molecule has 0 saturated heterocycles. The Bertz CT molecular complexity index is 776. The number of anilines is 1. The van der Waals surface area contributed by atoms with E-state index in [2.05, 4.69) is 5.32 Å². The first-order valence-electron chi connectivity index (χ1n) is 7.91. The summed E-state index contributed by atoms with van der Waals surface area (Å²) >= 11 is 6.14. The van der Waals surface area contributed by atoms with Gasteiger partial charge in [0.15, 0.2) is 6.10 Å². The molecule has 25 heavy (non-hydrogen) atoms. The smallest absolute Gasteiger partial charge is 0.338 e. The number of rotatable bonds is 6. The summed E-state index contributed by atoms with van der Waals surface area (Å²) in [6.45, 7) is 5.60. The molecule has 0 aliphatic carbocycles. The maximum absolute atomic E-state index is 12.3. The molecule has 1 amide bonds. The zero-order chi connectivity index (χ0) is 18.4. The highest BCUT2D eigenvalue weighted by Crippen LogP contribution is 2.24. The molecule has 0 aromatic heterocycles. The lowest BCUT2D eigenvalue weighted by Gasteiger charge is -2.16. The van der Waals surface area contributed by atoms with Gasteiger partial charge in [0.05, 0.1) is 22.9 Å². The van der Waals surface area contributed by atoms with Crippen molar-refractivity contribution in [1.29, 1.82) is 0 Å². The largest absolute Gasteiger partial charge is 0.481 e. The first kappa shape index (κ1) is 18.8. The standard InChI is InChI=1S/C19H20ClNO4/c1-4-24-19(23)14-8-9-17(16(20)11-14)21-18(22)13(3)25-15-7-5-6-12(2)10-15/h5-11,13H,4H2,1-3H3,(H,21,22). The molecule has 0 aliphatic rings. The van der Waals surface area contributed by atoms with Crippen molar-refractivity contribution in [3.05, 3.63) is 58.6 Å². The van der Waals surface area contributed by atoms with Crippen molar-refractivity contribution in [3.63, 3.8) is 0 Å². The van der Waals surface area contributed by atoms with Gasteiger partial charge in [0.25, 0.3) is 5.91 Å². The number of esters is 1. The van der Waals surface area contributed by atoms with Gasteiger partial charge in [-0.25, -0.2) is 4.79 Å². The molecule has 2 aromatic carbocycles. The summed E-state index contributed by atoms with van der Waals surface area (Å²) in [5.74, 6) is -0.183. The third-order valence-electron chi connectivity index (χ3n) is 3.41. The van der Waals surface area contributed by atoms with Gasteiger partial charge in [0.2, 0.25) is 0 Å². The van der Waals surface area contributed by atoms with E-state index in [1.165, 1.54) is 6.07 Å². The Hall–Kier alpha value is -2.53. The average molecular weight is 362 g/mol. The maximum atomic E-state index is 12.3. The molecule has 2 aromatic rings. The molecule has 0 bridgehead atoms. The number of aryl methyl sites for hydroxylation is 1. The van der Waals surface area contributed by atoms with Gasteiger partial charge < -0.3 is 14.8 Å². The first-order valence-corrected chi connectivity index (χ1v) is 8.29. The third kappa shape index (κ3) is 5.22. The number of nitrogens with one attached hydrogen (secondary N) is 1. The van der Waals surface area contributed by atoms with Gasteiger partial charge in [0.1, 0.15) is 5.75 Å². The van der Waals surface area contributed by atoms with Gasteiger partial charge in [-0.3, -0.25) is 4.79 Å². The van der Waals surface area contributed by atoms with Crippen molar-refractivity contribution >= 4 is 29.2 Å². The Kier molecular flexibility index (Phi) is 6.42. The molecule has 0 aliphatic heterocycles. The van der Waals surface area contributed by atoms with Crippen molar-refractivity contribution in [2.45, 2.75) is 26.9 Å². The molecular formula is C19H20ClNO4. The monoisotopic (exact) mass is 361 g/mol. The van der Waals surface area contributed by atoms with E-state index in [0.717, 1.165) is 5.56 Å². The van der Waals surface area contributed by atoms with Crippen molar-refractivity contribution in [1.82, 2.24) is 0 Å². The maximum Gasteiger partial charge on any atom is 0.338 e. The van der Waals surface area contributed by atoms with E-state index in [1.54, 1.807) is 32.0 Å². The number of hydrogen-bond acceptors (Lipinski definition) is 4. The minimum Gasteiger partial charge on any atom is -0.481 e. The van der Waals surface area contributed by atoms with Crippen LogP contribution in [0.5, 0.6) is 5.75 Å². The van der Waals surface area contributed by atoms with Crippen molar-refractivity contribution < 1.29 is 19.1 Å². The fraction of sp³-hybridized carbons (Fsp3) is 0.263. The van der Waals surface area contributed by atoms with Gasteiger partial charge in [-0.1, -0.05) is 23.7 Å². The summed E-state index contributed by atoms with van der Waals surface area (Å²) in [6.07, 6.45) is -0.706. The Morgan fingerprint density at radius 3 is 2.60 bits per heavy atom. The Morgan fingerprint density at radius 2 is 1.96 bits per heavy atom. The molecule has 132 valence electrons. The van der Waals surface area contributed by atoms with Crippen LogP contribution >= 0.6 is 11.6 Å². The summed E-state index contributed by atoms with van der Waals surface area (Å²) in [4.78, 5) is 24.0. The van der Waals surface area contributed by atoms with Crippen LogP contribution in [0.3, 0.4) is 0 Å². The van der Waals surface area contributed by atoms with Crippen LogP contribution < -0.4 is 10.1 Å². The van der Waals surface area contributed by atoms with E-state index < -0.39 is 12.1 Å². The van der Waals surface area contributed by atoms with Crippen LogP contribution in [0.2, 0.25) is 5.02 Å². The molecule has 1 N–H and O–H groups in total. The summed E-state index contributed by atoms with van der Waals surface area (Å²) in [5, 5.41) is 2.95. The third-order valence-corrected chi connectivity index (χ3v) is 3.72. The van der Waals surface area contributed by atoms with Crippen LogP contribution in [0.25, 0.3) is 0 Å². The molecule has 2 rings (SSSR count). The summed E-state index contributed by atoms with van der Waals surface area (Å²) < 4.78 is 10.5. The highest BCUT2D eigenvalue weighted by atomic mass is 35.5.